The molecule has 9 heteroatoms. The fraction of sp³-hybridized carbons (Fsp3) is 0.0526. The van der Waals surface area contributed by atoms with Crippen molar-refractivity contribution >= 4 is 11.4 Å². The minimum absolute atomic E-state index is 0.280. The van der Waals surface area contributed by atoms with Crippen molar-refractivity contribution in [2.75, 3.05) is 5.01 Å². The maximum Gasteiger partial charge on any atom is 0.433 e. The first kappa shape index (κ1) is 17.8. The third-order valence-corrected chi connectivity index (χ3v) is 4.05. The van der Waals surface area contributed by atoms with Crippen LogP contribution in [0.3, 0.4) is 0 Å². The summed E-state index contributed by atoms with van der Waals surface area (Å²) >= 11 is 0. The first-order chi connectivity index (χ1) is 13.4. The zero-order chi connectivity index (χ0) is 19.7. The third-order valence-electron chi connectivity index (χ3n) is 4.05. The molecule has 0 bridgehead atoms. The van der Waals surface area contributed by atoms with Gasteiger partial charge in [0.15, 0.2) is 0 Å². The van der Waals surface area contributed by atoms with E-state index in [1.807, 2.05) is 0 Å². The number of nitrogens with zero attached hydrogens (tertiary/aromatic N) is 4. The molecule has 0 fully saturated rings. The van der Waals surface area contributed by atoms with E-state index in [4.69, 9.17) is 0 Å². The Labute approximate surface area is 157 Å². The predicted molar refractivity (Wildman–Crippen MR) is 95.5 cm³/mol. The molecule has 0 aliphatic carbocycles. The molecule has 1 aromatic carbocycles. The molecule has 2 aromatic heterocycles. The Kier molecular flexibility index (Phi) is 4.34. The van der Waals surface area contributed by atoms with Crippen molar-refractivity contribution in [3.8, 4) is 5.69 Å². The SMILES string of the molecule is Fc1ccccc1-n1nccc1C1=CC=CN(c2ccc(C(F)(F)F)nc2)N1. The lowest BCUT2D eigenvalue weighted by molar-refractivity contribution is -0.141. The van der Waals surface area contributed by atoms with Crippen LogP contribution in [0.5, 0.6) is 0 Å². The van der Waals surface area contributed by atoms with Gasteiger partial charge in [0, 0.05) is 6.20 Å². The molecule has 0 amide bonds. The number of hydrogen-bond acceptors (Lipinski definition) is 4. The van der Waals surface area contributed by atoms with E-state index in [0.29, 0.717) is 17.1 Å². The Morgan fingerprint density at radius 3 is 2.54 bits per heavy atom. The van der Waals surface area contributed by atoms with Crippen LogP contribution < -0.4 is 10.4 Å². The van der Waals surface area contributed by atoms with E-state index in [9.17, 15) is 17.6 Å². The van der Waals surface area contributed by atoms with E-state index < -0.39 is 17.7 Å². The van der Waals surface area contributed by atoms with Crippen LogP contribution in [-0.4, -0.2) is 14.8 Å². The fourth-order valence-corrected chi connectivity index (χ4v) is 2.74. The smallest absolute Gasteiger partial charge is 0.292 e. The molecule has 3 aromatic rings. The quantitative estimate of drug-likeness (QED) is 0.681. The van der Waals surface area contributed by atoms with E-state index in [-0.39, 0.29) is 5.69 Å². The number of hydrogen-bond donors (Lipinski definition) is 1. The largest absolute Gasteiger partial charge is 0.433 e. The summed E-state index contributed by atoms with van der Waals surface area (Å²) in [4.78, 5) is 3.46. The number of hydrazine groups is 1. The first-order valence-electron chi connectivity index (χ1n) is 8.20. The maximum absolute atomic E-state index is 14.2. The molecule has 1 aliphatic rings. The minimum Gasteiger partial charge on any atom is -0.292 e. The molecule has 5 nitrogen and oxygen atoms in total. The van der Waals surface area contributed by atoms with Crippen LogP contribution in [0.15, 0.2) is 73.2 Å². The number of nitrogens with one attached hydrogen (secondary N) is 1. The van der Waals surface area contributed by atoms with Gasteiger partial charge in [-0.25, -0.2) is 14.1 Å². The average molecular weight is 387 g/mol. The van der Waals surface area contributed by atoms with Gasteiger partial charge in [-0.15, -0.1) is 0 Å². The van der Waals surface area contributed by atoms with E-state index in [2.05, 4.69) is 15.5 Å². The summed E-state index contributed by atoms with van der Waals surface area (Å²) in [5.41, 5.74) is 3.95. The summed E-state index contributed by atoms with van der Waals surface area (Å²) in [5, 5.41) is 5.69. The number of alkyl halides is 3. The second kappa shape index (κ2) is 6.84. The zero-order valence-electron chi connectivity index (χ0n) is 14.2. The monoisotopic (exact) mass is 387 g/mol. The highest BCUT2D eigenvalue weighted by Gasteiger charge is 2.32. The van der Waals surface area contributed by atoms with E-state index in [0.717, 1.165) is 12.3 Å². The highest BCUT2D eigenvalue weighted by Crippen LogP contribution is 2.29. The van der Waals surface area contributed by atoms with Gasteiger partial charge in [0.05, 0.1) is 29.5 Å². The van der Waals surface area contributed by atoms with Crippen molar-refractivity contribution in [1.82, 2.24) is 20.2 Å². The lowest BCUT2D eigenvalue weighted by atomic mass is 10.2. The van der Waals surface area contributed by atoms with Crippen LogP contribution in [0, 0.1) is 5.82 Å². The van der Waals surface area contributed by atoms with Gasteiger partial charge in [-0.05, 0) is 42.5 Å². The molecule has 3 heterocycles. The minimum atomic E-state index is -4.50. The van der Waals surface area contributed by atoms with Crippen molar-refractivity contribution in [2.24, 2.45) is 0 Å². The lowest BCUT2D eigenvalue weighted by Crippen LogP contribution is -2.34. The van der Waals surface area contributed by atoms with Gasteiger partial charge in [-0.1, -0.05) is 12.1 Å². The van der Waals surface area contributed by atoms with Gasteiger partial charge in [0.1, 0.15) is 17.2 Å². The van der Waals surface area contributed by atoms with Gasteiger partial charge in [-0.2, -0.15) is 18.3 Å². The van der Waals surface area contributed by atoms with Gasteiger partial charge in [0.25, 0.3) is 0 Å². The summed E-state index contributed by atoms with van der Waals surface area (Å²) in [6, 6.07) is 10.1. The van der Waals surface area contributed by atoms with Crippen LogP contribution in [0.2, 0.25) is 0 Å². The van der Waals surface area contributed by atoms with Crippen LogP contribution in [0.25, 0.3) is 11.4 Å². The van der Waals surface area contributed by atoms with Gasteiger partial charge < -0.3 is 0 Å². The fourth-order valence-electron chi connectivity index (χ4n) is 2.74. The highest BCUT2D eigenvalue weighted by atomic mass is 19.4. The van der Waals surface area contributed by atoms with Gasteiger partial charge in [-0.3, -0.25) is 10.4 Å². The number of aromatic nitrogens is 3. The second-order valence-electron chi connectivity index (χ2n) is 5.88. The van der Waals surface area contributed by atoms with Crippen LogP contribution >= 0.6 is 0 Å². The summed E-state index contributed by atoms with van der Waals surface area (Å²) in [6.45, 7) is 0. The summed E-state index contributed by atoms with van der Waals surface area (Å²) < 4.78 is 53.7. The number of para-hydroxylation sites is 1. The maximum atomic E-state index is 14.2. The Hall–Kier alpha value is -3.62. The molecule has 142 valence electrons. The summed E-state index contributed by atoms with van der Waals surface area (Å²) in [5.74, 6) is -0.428. The molecule has 0 spiro atoms. The van der Waals surface area contributed by atoms with Crippen molar-refractivity contribution in [3.05, 3.63) is 90.4 Å². The standard InChI is InChI=1S/C19H13F4N5/c20-14-4-1-2-6-16(14)28-17(9-10-25-28)15-5-3-11-27(26-15)13-7-8-18(24-12-13)19(21,22)23/h1-12,26H. The normalized spacial score (nSPS) is 14.0. The van der Waals surface area contributed by atoms with Crippen molar-refractivity contribution in [2.45, 2.75) is 6.18 Å². The van der Waals surface area contributed by atoms with Crippen molar-refractivity contribution in [1.29, 1.82) is 0 Å². The molecular formula is C19H13F4N5. The molecule has 0 saturated carbocycles. The Morgan fingerprint density at radius 2 is 1.82 bits per heavy atom. The van der Waals surface area contributed by atoms with Crippen LogP contribution in [0.1, 0.15) is 11.4 Å². The van der Waals surface area contributed by atoms with E-state index >= 15 is 0 Å². The molecule has 0 radical (unpaired) electrons. The molecular weight excluding hydrogens is 374 g/mol. The number of halogens is 4. The number of anilines is 1. The number of pyridine rings is 1. The van der Waals surface area contributed by atoms with Gasteiger partial charge in [0.2, 0.25) is 0 Å². The van der Waals surface area contributed by atoms with Crippen LogP contribution in [-0.2, 0) is 6.18 Å². The number of rotatable bonds is 3. The lowest BCUT2D eigenvalue weighted by Gasteiger charge is -2.27. The molecule has 4 rings (SSSR count). The zero-order valence-corrected chi connectivity index (χ0v) is 14.2. The predicted octanol–water partition coefficient (Wildman–Crippen LogP) is 4.30. The molecule has 28 heavy (non-hydrogen) atoms. The Morgan fingerprint density at radius 1 is 1.00 bits per heavy atom. The Balaban J connectivity index is 1.61. The number of allylic oxidation sites excluding steroid dienone is 2. The van der Waals surface area contributed by atoms with Gasteiger partial charge >= 0.3 is 6.18 Å². The summed E-state index contributed by atoms with van der Waals surface area (Å²) in [6.07, 6.45) is 3.26. The second-order valence-corrected chi connectivity index (χ2v) is 5.88. The molecule has 0 atom stereocenters. The molecule has 0 saturated heterocycles. The van der Waals surface area contributed by atoms with Crippen molar-refractivity contribution < 1.29 is 17.6 Å². The average Bonchev–Trinajstić information content (AvgIpc) is 3.17. The summed E-state index contributed by atoms with van der Waals surface area (Å²) in [7, 11) is 0. The first-order valence-corrected chi connectivity index (χ1v) is 8.20. The topological polar surface area (TPSA) is 46.0 Å². The van der Waals surface area contributed by atoms with E-state index in [1.54, 1.807) is 42.6 Å². The van der Waals surface area contributed by atoms with E-state index in [1.165, 1.54) is 28.0 Å². The Bertz CT molecular complexity index is 1050. The van der Waals surface area contributed by atoms with Crippen molar-refractivity contribution in [3.63, 3.8) is 0 Å². The third kappa shape index (κ3) is 3.34. The molecule has 1 N–H and O–H groups in total. The van der Waals surface area contributed by atoms with Crippen LogP contribution in [0.4, 0.5) is 23.2 Å². The molecule has 1 aliphatic heterocycles. The highest BCUT2D eigenvalue weighted by molar-refractivity contribution is 5.69. The number of benzene rings is 1. The molecule has 0 unspecified atom stereocenters.